The van der Waals surface area contributed by atoms with E-state index >= 15 is 0 Å². The lowest BCUT2D eigenvalue weighted by Gasteiger charge is -2.25. The molecule has 0 spiro atoms. The molecule has 0 saturated carbocycles. The SMILES string of the molecule is CCC(C)(NC(=O)c1cc([N+](=O)[O-])c(C)cc1C)C(=O)O. The number of nitrogens with zero attached hydrogens (tertiary/aromatic N) is 1. The molecule has 114 valence electrons. The van der Waals surface area contributed by atoms with Crippen molar-refractivity contribution in [1.29, 1.82) is 0 Å². The monoisotopic (exact) mass is 294 g/mol. The molecule has 0 saturated heterocycles. The minimum Gasteiger partial charge on any atom is -0.480 e. The summed E-state index contributed by atoms with van der Waals surface area (Å²) in [4.78, 5) is 33.8. The van der Waals surface area contributed by atoms with Gasteiger partial charge in [0.25, 0.3) is 11.6 Å². The van der Waals surface area contributed by atoms with E-state index in [9.17, 15) is 19.7 Å². The summed E-state index contributed by atoms with van der Waals surface area (Å²) < 4.78 is 0. The van der Waals surface area contributed by atoms with Crippen molar-refractivity contribution in [3.8, 4) is 0 Å². The number of rotatable bonds is 5. The molecule has 0 aliphatic heterocycles. The Bertz CT molecular complexity index is 612. The zero-order chi connectivity index (χ0) is 16.4. The predicted molar refractivity (Wildman–Crippen MR) is 76.4 cm³/mol. The fourth-order valence-electron chi connectivity index (χ4n) is 1.89. The third kappa shape index (κ3) is 3.36. The Morgan fingerprint density at radius 2 is 1.90 bits per heavy atom. The number of aliphatic carboxylic acids is 1. The van der Waals surface area contributed by atoms with Gasteiger partial charge in [-0.25, -0.2) is 4.79 Å². The van der Waals surface area contributed by atoms with Crippen LogP contribution in [0, 0.1) is 24.0 Å². The quantitative estimate of drug-likeness (QED) is 0.639. The van der Waals surface area contributed by atoms with Crippen LogP contribution in [0.25, 0.3) is 0 Å². The fraction of sp³-hybridized carbons (Fsp3) is 0.429. The van der Waals surface area contributed by atoms with Crippen LogP contribution in [0.4, 0.5) is 5.69 Å². The van der Waals surface area contributed by atoms with E-state index in [0.29, 0.717) is 11.1 Å². The van der Waals surface area contributed by atoms with Gasteiger partial charge in [0.05, 0.1) is 4.92 Å². The Balaban J connectivity index is 3.22. The average molecular weight is 294 g/mol. The number of carboxylic acid groups (broad SMARTS) is 1. The zero-order valence-corrected chi connectivity index (χ0v) is 12.4. The van der Waals surface area contributed by atoms with Gasteiger partial charge in [-0.1, -0.05) is 6.92 Å². The van der Waals surface area contributed by atoms with Crippen LogP contribution in [0.15, 0.2) is 12.1 Å². The molecule has 0 fully saturated rings. The molecule has 0 bridgehead atoms. The smallest absolute Gasteiger partial charge is 0.329 e. The Morgan fingerprint density at radius 3 is 2.33 bits per heavy atom. The van der Waals surface area contributed by atoms with E-state index in [1.54, 1.807) is 20.8 Å². The van der Waals surface area contributed by atoms with Crippen molar-refractivity contribution in [2.45, 2.75) is 39.7 Å². The Labute approximate surface area is 122 Å². The standard InChI is InChI=1S/C14H18N2O5/c1-5-14(4,13(18)19)15-12(17)10-7-11(16(20)21)9(3)6-8(10)2/h6-7H,5H2,1-4H3,(H,15,17)(H,18,19). The summed E-state index contributed by atoms with van der Waals surface area (Å²) in [5.74, 6) is -1.79. The van der Waals surface area contributed by atoms with Crippen LogP contribution in [0.5, 0.6) is 0 Å². The molecule has 0 aliphatic rings. The molecule has 1 atom stereocenters. The van der Waals surface area contributed by atoms with Crippen LogP contribution in [0.1, 0.15) is 41.8 Å². The van der Waals surface area contributed by atoms with Gasteiger partial charge in [-0.3, -0.25) is 14.9 Å². The molecule has 1 rings (SSSR count). The largest absolute Gasteiger partial charge is 0.480 e. The molecule has 2 N–H and O–H groups in total. The van der Waals surface area contributed by atoms with E-state index in [1.165, 1.54) is 19.1 Å². The molecular weight excluding hydrogens is 276 g/mol. The first kappa shape index (κ1) is 16.6. The summed E-state index contributed by atoms with van der Waals surface area (Å²) in [6.07, 6.45) is 0.196. The first-order valence-electron chi connectivity index (χ1n) is 6.44. The molecular formula is C14H18N2O5. The highest BCUT2D eigenvalue weighted by atomic mass is 16.6. The van der Waals surface area contributed by atoms with Crippen molar-refractivity contribution in [2.24, 2.45) is 0 Å². The van der Waals surface area contributed by atoms with Gasteiger partial charge in [-0.2, -0.15) is 0 Å². The fourth-order valence-corrected chi connectivity index (χ4v) is 1.89. The highest BCUT2D eigenvalue weighted by Crippen LogP contribution is 2.23. The van der Waals surface area contributed by atoms with Gasteiger partial charge >= 0.3 is 5.97 Å². The highest BCUT2D eigenvalue weighted by Gasteiger charge is 2.33. The minimum atomic E-state index is -1.41. The second kappa shape index (κ2) is 5.90. The number of nitrogens with one attached hydrogen (secondary N) is 1. The second-order valence-corrected chi connectivity index (χ2v) is 5.16. The summed E-state index contributed by atoms with van der Waals surface area (Å²) in [5.41, 5.74) is -0.471. The number of amides is 1. The van der Waals surface area contributed by atoms with Gasteiger partial charge < -0.3 is 10.4 Å². The van der Waals surface area contributed by atoms with Gasteiger partial charge in [0.15, 0.2) is 0 Å². The van der Waals surface area contributed by atoms with Gasteiger partial charge in [0.1, 0.15) is 5.54 Å². The molecule has 21 heavy (non-hydrogen) atoms. The number of hydrogen-bond donors (Lipinski definition) is 2. The Kier molecular flexibility index (Phi) is 4.67. The maximum atomic E-state index is 12.2. The van der Waals surface area contributed by atoms with Crippen molar-refractivity contribution in [1.82, 2.24) is 5.32 Å². The lowest BCUT2D eigenvalue weighted by Crippen LogP contribution is -2.51. The molecule has 1 unspecified atom stereocenters. The topological polar surface area (TPSA) is 110 Å². The van der Waals surface area contributed by atoms with E-state index in [4.69, 9.17) is 5.11 Å². The van der Waals surface area contributed by atoms with Crippen LogP contribution in [-0.2, 0) is 4.79 Å². The second-order valence-electron chi connectivity index (χ2n) is 5.16. The number of nitro benzene ring substituents is 1. The van der Waals surface area contributed by atoms with Crippen LogP contribution in [0.2, 0.25) is 0 Å². The molecule has 7 heteroatoms. The third-order valence-corrected chi connectivity index (χ3v) is 3.55. The van der Waals surface area contributed by atoms with E-state index in [-0.39, 0.29) is 17.7 Å². The number of nitro groups is 1. The summed E-state index contributed by atoms with van der Waals surface area (Å²) in [6.45, 7) is 6.26. The summed E-state index contributed by atoms with van der Waals surface area (Å²) >= 11 is 0. The molecule has 1 aromatic rings. The van der Waals surface area contributed by atoms with Crippen LogP contribution in [0.3, 0.4) is 0 Å². The van der Waals surface area contributed by atoms with E-state index < -0.39 is 22.3 Å². The molecule has 0 heterocycles. The molecule has 0 aromatic heterocycles. The van der Waals surface area contributed by atoms with Crippen molar-refractivity contribution in [3.05, 3.63) is 38.9 Å². The Morgan fingerprint density at radius 1 is 1.33 bits per heavy atom. The van der Waals surface area contributed by atoms with E-state index in [2.05, 4.69) is 5.32 Å². The third-order valence-electron chi connectivity index (χ3n) is 3.55. The van der Waals surface area contributed by atoms with Crippen molar-refractivity contribution < 1.29 is 19.6 Å². The van der Waals surface area contributed by atoms with Gasteiger partial charge in [-0.15, -0.1) is 0 Å². The van der Waals surface area contributed by atoms with Gasteiger partial charge in [0.2, 0.25) is 0 Å². The zero-order valence-electron chi connectivity index (χ0n) is 12.4. The number of benzene rings is 1. The van der Waals surface area contributed by atoms with E-state index in [0.717, 1.165) is 0 Å². The van der Waals surface area contributed by atoms with Crippen LogP contribution < -0.4 is 5.32 Å². The molecule has 1 aromatic carbocycles. The summed E-state index contributed by atoms with van der Waals surface area (Å²) in [6, 6.07) is 2.72. The van der Waals surface area contributed by atoms with Gasteiger partial charge in [-0.05, 0) is 38.8 Å². The maximum Gasteiger partial charge on any atom is 0.329 e. The number of carboxylic acids is 1. The first-order valence-corrected chi connectivity index (χ1v) is 6.44. The number of hydrogen-bond acceptors (Lipinski definition) is 4. The first-order chi connectivity index (χ1) is 9.62. The van der Waals surface area contributed by atoms with Crippen LogP contribution >= 0.6 is 0 Å². The summed E-state index contributed by atoms with van der Waals surface area (Å²) in [5, 5.41) is 22.5. The van der Waals surface area contributed by atoms with Crippen molar-refractivity contribution in [2.75, 3.05) is 0 Å². The summed E-state index contributed by atoms with van der Waals surface area (Å²) in [7, 11) is 0. The maximum absolute atomic E-state index is 12.2. The lowest BCUT2D eigenvalue weighted by atomic mass is 9.97. The highest BCUT2D eigenvalue weighted by molar-refractivity contribution is 5.99. The predicted octanol–water partition coefficient (Wildman–Crippen LogP) is 2.19. The van der Waals surface area contributed by atoms with Crippen LogP contribution in [-0.4, -0.2) is 27.4 Å². The van der Waals surface area contributed by atoms with Gasteiger partial charge in [0, 0.05) is 17.2 Å². The molecule has 1 amide bonds. The molecule has 7 nitrogen and oxygen atoms in total. The number of carbonyl (C=O) groups is 2. The number of carbonyl (C=O) groups excluding carboxylic acids is 1. The minimum absolute atomic E-state index is 0.105. The number of aryl methyl sites for hydroxylation is 2. The van der Waals surface area contributed by atoms with Crippen molar-refractivity contribution in [3.63, 3.8) is 0 Å². The molecule has 0 radical (unpaired) electrons. The van der Waals surface area contributed by atoms with Crippen molar-refractivity contribution >= 4 is 17.6 Å². The lowest BCUT2D eigenvalue weighted by molar-refractivity contribution is -0.385. The average Bonchev–Trinajstić information content (AvgIpc) is 2.37. The normalized spacial score (nSPS) is 13.3. The molecule has 0 aliphatic carbocycles. The Hall–Kier alpha value is -2.44. The van der Waals surface area contributed by atoms with E-state index in [1.807, 2.05) is 0 Å².